The molecule has 2 N–H and O–H groups in total. The molecule has 0 aliphatic rings. The van der Waals surface area contributed by atoms with Crippen LogP contribution in [0.25, 0.3) is 0 Å². The molecule has 0 amide bonds. The van der Waals surface area contributed by atoms with E-state index in [9.17, 15) is 4.39 Å². The molecule has 0 aromatic heterocycles. The monoisotopic (exact) mass is 353 g/mol. The molecule has 1 unspecified atom stereocenters. The molecule has 1 atom stereocenters. The second-order valence-electron chi connectivity index (χ2n) is 4.64. The topological polar surface area (TPSA) is 44.5 Å². The van der Waals surface area contributed by atoms with Crippen molar-refractivity contribution in [3.63, 3.8) is 0 Å². The van der Waals surface area contributed by atoms with Gasteiger partial charge in [0.1, 0.15) is 21.8 Å². The van der Waals surface area contributed by atoms with Crippen molar-refractivity contribution in [2.45, 2.75) is 12.5 Å². The minimum Gasteiger partial charge on any atom is -0.495 e. The number of hydrogen-bond acceptors (Lipinski definition) is 3. The van der Waals surface area contributed by atoms with Crippen LogP contribution in [0.15, 0.2) is 40.9 Å². The van der Waals surface area contributed by atoms with Crippen LogP contribution in [0.2, 0.25) is 0 Å². The first kappa shape index (κ1) is 15.8. The number of nitrogens with two attached hydrogens (primary N) is 1. The molecule has 2 aromatic carbocycles. The average Bonchev–Trinajstić information content (AvgIpc) is 2.49. The van der Waals surface area contributed by atoms with E-state index >= 15 is 0 Å². The lowest BCUT2D eigenvalue weighted by Crippen LogP contribution is -2.15. The third-order valence-corrected chi connectivity index (χ3v) is 4.04. The van der Waals surface area contributed by atoms with Crippen molar-refractivity contribution in [2.75, 3.05) is 14.2 Å². The number of ether oxygens (including phenoxy) is 2. The smallest absolute Gasteiger partial charge is 0.141 e. The minimum atomic E-state index is -0.257. The summed E-state index contributed by atoms with van der Waals surface area (Å²) in [6.07, 6.45) is 0.593. The fourth-order valence-corrected chi connectivity index (χ4v) is 2.88. The molecule has 3 nitrogen and oxygen atoms in total. The third kappa shape index (κ3) is 3.54. The zero-order valence-corrected chi connectivity index (χ0v) is 13.5. The highest BCUT2D eigenvalue weighted by Crippen LogP contribution is 2.39. The molecule has 0 fully saturated rings. The lowest BCUT2D eigenvalue weighted by molar-refractivity contribution is 0.383. The number of hydrogen-bond donors (Lipinski definition) is 1. The lowest BCUT2D eigenvalue weighted by Gasteiger charge is -2.18. The summed E-state index contributed by atoms with van der Waals surface area (Å²) in [6.45, 7) is 0. The van der Waals surface area contributed by atoms with Crippen molar-refractivity contribution in [3.8, 4) is 11.5 Å². The molecule has 21 heavy (non-hydrogen) atoms. The largest absolute Gasteiger partial charge is 0.495 e. The summed E-state index contributed by atoms with van der Waals surface area (Å²) >= 11 is 3.46. The van der Waals surface area contributed by atoms with Gasteiger partial charge in [-0.05, 0) is 52.2 Å². The Kier molecular flexibility index (Phi) is 5.20. The van der Waals surface area contributed by atoms with Gasteiger partial charge in [-0.25, -0.2) is 4.39 Å². The van der Waals surface area contributed by atoms with Gasteiger partial charge in [0.25, 0.3) is 0 Å². The summed E-state index contributed by atoms with van der Waals surface area (Å²) in [5.74, 6) is 1.09. The number of benzene rings is 2. The second kappa shape index (κ2) is 6.91. The average molecular weight is 354 g/mol. The predicted octanol–water partition coefficient (Wildman–Crippen LogP) is 3.85. The van der Waals surface area contributed by atoms with Gasteiger partial charge in [-0.2, -0.15) is 0 Å². The Hall–Kier alpha value is -1.59. The first-order chi connectivity index (χ1) is 10.1. The fraction of sp³-hybridized carbons (Fsp3) is 0.250. The van der Waals surface area contributed by atoms with Crippen LogP contribution in [0.5, 0.6) is 11.5 Å². The van der Waals surface area contributed by atoms with E-state index in [4.69, 9.17) is 15.2 Å². The Balaban J connectivity index is 2.28. The number of halogens is 2. The van der Waals surface area contributed by atoms with E-state index in [2.05, 4.69) is 15.9 Å². The summed E-state index contributed by atoms with van der Waals surface area (Å²) in [4.78, 5) is 0. The van der Waals surface area contributed by atoms with Crippen LogP contribution < -0.4 is 15.2 Å². The highest BCUT2D eigenvalue weighted by atomic mass is 79.9. The molecule has 0 aliphatic heterocycles. The standard InChI is InChI=1S/C16H17BrFNO2/c1-20-14-8-7-12(16(21-2)15(14)17)13(19)9-10-3-5-11(18)6-4-10/h3-8,13H,9,19H2,1-2H3. The number of methoxy groups -OCH3 is 2. The normalized spacial score (nSPS) is 12.0. The van der Waals surface area contributed by atoms with Crippen LogP contribution in [-0.4, -0.2) is 14.2 Å². The summed E-state index contributed by atoms with van der Waals surface area (Å²) in [5, 5.41) is 0. The molecule has 112 valence electrons. The molecule has 0 saturated heterocycles. The van der Waals surface area contributed by atoms with E-state index < -0.39 is 0 Å². The predicted molar refractivity (Wildman–Crippen MR) is 84.3 cm³/mol. The maximum Gasteiger partial charge on any atom is 0.141 e. The first-order valence-corrected chi connectivity index (χ1v) is 7.26. The van der Waals surface area contributed by atoms with Gasteiger partial charge in [0, 0.05) is 11.6 Å². The fourth-order valence-electron chi connectivity index (χ4n) is 2.19. The highest BCUT2D eigenvalue weighted by molar-refractivity contribution is 9.10. The van der Waals surface area contributed by atoms with E-state index in [0.717, 1.165) is 15.6 Å². The van der Waals surface area contributed by atoms with E-state index in [1.165, 1.54) is 12.1 Å². The summed E-state index contributed by atoms with van der Waals surface area (Å²) in [6, 6.07) is 9.81. The van der Waals surface area contributed by atoms with Crippen LogP contribution >= 0.6 is 15.9 Å². The van der Waals surface area contributed by atoms with Gasteiger partial charge in [-0.1, -0.05) is 12.1 Å². The molecule has 0 spiro atoms. The van der Waals surface area contributed by atoms with E-state index in [1.807, 2.05) is 12.1 Å². The molecule has 0 aliphatic carbocycles. The minimum absolute atomic E-state index is 0.253. The van der Waals surface area contributed by atoms with Gasteiger partial charge in [0.2, 0.25) is 0 Å². The van der Waals surface area contributed by atoms with Crippen LogP contribution in [-0.2, 0) is 6.42 Å². The summed E-state index contributed by atoms with van der Waals surface area (Å²) in [7, 11) is 3.19. The molecule has 2 aromatic rings. The van der Waals surface area contributed by atoms with Gasteiger partial charge in [-0.15, -0.1) is 0 Å². The SMILES string of the molecule is COc1ccc(C(N)Cc2ccc(F)cc2)c(OC)c1Br. The zero-order chi connectivity index (χ0) is 15.4. The maximum atomic E-state index is 12.9. The van der Waals surface area contributed by atoms with Crippen LogP contribution in [0.3, 0.4) is 0 Å². The van der Waals surface area contributed by atoms with Gasteiger partial charge in [0.15, 0.2) is 0 Å². The molecular formula is C16H17BrFNO2. The molecule has 0 radical (unpaired) electrons. The molecule has 0 bridgehead atoms. The van der Waals surface area contributed by atoms with Crippen molar-refractivity contribution >= 4 is 15.9 Å². The van der Waals surface area contributed by atoms with E-state index in [1.54, 1.807) is 26.4 Å². The Morgan fingerprint density at radius 3 is 2.33 bits per heavy atom. The molecule has 2 rings (SSSR count). The quantitative estimate of drug-likeness (QED) is 0.887. The van der Waals surface area contributed by atoms with Crippen LogP contribution in [0, 0.1) is 5.82 Å². The zero-order valence-electron chi connectivity index (χ0n) is 11.9. The van der Waals surface area contributed by atoms with Crippen molar-refractivity contribution in [1.82, 2.24) is 0 Å². The van der Waals surface area contributed by atoms with Crippen LogP contribution in [0.4, 0.5) is 4.39 Å². The van der Waals surface area contributed by atoms with Crippen molar-refractivity contribution in [2.24, 2.45) is 5.73 Å². The molecule has 0 heterocycles. The Labute approximate surface area is 132 Å². The molecule has 5 heteroatoms. The van der Waals surface area contributed by atoms with Crippen molar-refractivity contribution in [1.29, 1.82) is 0 Å². The summed E-state index contributed by atoms with van der Waals surface area (Å²) < 4.78 is 24.3. The highest BCUT2D eigenvalue weighted by Gasteiger charge is 2.18. The van der Waals surface area contributed by atoms with E-state index in [-0.39, 0.29) is 11.9 Å². The van der Waals surface area contributed by atoms with Gasteiger partial charge in [-0.3, -0.25) is 0 Å². The van der Waals surface area contributed by atoms with Gasteiger partial charge < -0.3 is 15.2 Å². The Bertz CT molecular complexity index is 616. The lowest BCUT2D eigenvalue weighted by atomic mass is 9.98. The van der Waals surface area contributed by atoms with Crippen molar-refractivity contribution in [3.05, 3.63) is 57.8 Å². The Morgan fingerprint density at radius 1 is 1.10 bits per heavy atom. The van der Waals surface area contributed by atoms with Crippen LogP contribution in [0.1, 0.15) is 17.2 Å². The van der Waals surface area contributed by atoms with Crippen molar-refractivity contribution < 1.29 is 13.9 Å². The molecule has 0 saturated carbocycles. The third-order valence-electron chi connectivity index (χ3n) is 3.28. The molecular weight excluding hydrogens is 337 g/mol. The number of rotatable bonds is 5. The second-order valence-corrected chi connectivity index (χ2v) is 5.43. The summed E-state index contributed by atoms with van der Waals surface area (Å²) in [5.41, 5.74) is 8.11. The van der Waals surface area contributed by atoms with Gasteiger partial charge >= 0.3 is 0 Å². The van der Waals surface area contributed by atoms with E-state index in [0.29, 0.717) is 17.9 Å². The Morgan fingerprint density at radius 2 is 1.76 bits per heavy atom. The maximum absolute atomic E-state index is 12.9. The van der Waals surface area contributed by atoms with Gasteiger partial charge in [0.05, 0.1) is 14.2 Å². The first-order valence-electron chi connectivity index (χ1n) is 6.47.